The number of halogens is 4. The van der Waals surface area contributed by atoms with Crippen molar-refractivity contribution in [2.24, 2.45) is 16.3 Å². The second-order valence-electron chi connectivity index (χ2n) is 12.7. The van der Waals surface area contributed by atoms with Crippen LogP contribution in [0.1, 0.15) is 56.3 Å². The van der Waals surface area contributed by atoms with Crippen molar-refractivity contribution in [1.29, 1.82) is 0 Å². The molecule has 1 amide bonds. The zero-order chi connectivity index (χ0) is 35.5. The summed E-state index contributed by atoms with van der Waals surface area (Å²) in [6, 6.07) is 4.18. The van der Waals surface area contributed by atoms with Crippen molar-refractivity contribution in [3.8, 4) is 11.7 Å². The lowest BCUT2D eigenvalue weighted by molar-refractivity contribution is -0.317. The van der Waals surface area contributed by atoms with Crippen LogP contribution < -0.4 is 20.1 Å². The lowest BCUT2D eigenvalue weighted by Gasteiger charge is -2.45. The molecular formula is C30H37B2ClF3N7O4S. The van der Waals surface area contributed by atoms with Crippen molar-refractivity contribution in [2.45, 2.75) is 68.7 Å². The molecule has 4 rings (SSSR count). The summed E-state index contributed by atoms with van der Waals surface area (Å²) in [5.41, 5.74) is -2.61. The van der Waals surface area contributed by atoms with Crippen LogP contribution in [-0.4, -0.2) is 88.8 Å². The molecule has 1 saturated carbocycles. The van der Waals surface area contributed by atoms with Gasteiger partial charge in [-0.2, -0.15) is 13.2 Å². The van der Waals surface area contributed by atoms with Crippen LogP contribution >= 0.6 is 23.5 Å². The van der Waals surface area contributed by atoms with Crippen LogP contribution in [-0.2, 0) is 0 Å². The Morgan fingerprint density at radius 3 is 2.60 bits per heavy atom. The van der Waals surface area contributed by atoms with E-state index in [1.807, 2.05) is 0 Å². The van der Waals surface area contributed by atoms with Crippen molar-refractivity contribution in [1.82, 2.24) is 30.1 Å². The molecule has 11 nitrogen and oxygen atoms in total. The van der Waals surface area contributed by atoms with Crippen LogP contribution in [0.25, 0.3) is 5.82 Å². The SMILES string of the molecule is [B]C([B])(COc1ccn(-c2ccc(C(=O)NS/C(C=C)=N/C(=C)NCCCC3CNC(C)(C)C3)c(Cl)n2)n1)C(O)(O)C1(C(F)(F)F)CC1. The van der Waals surface area contributed by atoms with Gasteiger partial charge < -0.3 is 25.6 Å². The maximum Gasteiger partial charge on any atom is 0.399 e. The number of pyridine rings is 1. The highest BCUT2D eigenvalue weighted by atomic mass is 35.5. The van der Waals surface area contributed by atoms with Crippen LogP contribution in [0.5, 0.6) is 5.88 Å². The van der Waals surface area contributed by atoms with E-state index in [9.17, 15) is 28.2 Å². The number of ether oxygens (including phenoxy) is 1. The van der Waals surface area contributed by atoms with Gasteiger partial charge in [0, 0.05) is 36.3 Å². The largest absolute Gasteiger partial charge is 0.477 e. The molecule has 256 valence electrons. The molecule has 0 bridgehead atoms. The number of carbonyl (C=O) groups is 1. The Morgan fingerprint density at radius 1 is 1.31 bits per heavy atom. The van der Waals surface area contributed by atoms with Gasteiger partial charge in [0.05, 0.1) is 27.9 Å². The zero-order valence-electron chi connectivity index (χ0n) is 26.6. The van der Waals surface area contributed by atoms with Gasteiger partial charge in [0.15, 0.2) is 11.6 Å². The zero-order valence-corrected chi connectivity index (χ0v) is 28.2. The fourth-order valence-corrected chi connectivity index (χ4v) is 6.26. The number of alkyl halides is 3. The van der Waals surface area contributed by atoms with Crippen molar-refractivity contribution in [2.75, 3.05) is 19.7 Å². The number of amides is 1. The summed E-state index contributed by atoms with van der Waals surface area (Å²) in [6.45, 7) is 12.9. The predicted octanol–water partition coefficient (Wildman–Crippen LogP) is 3.97. The number of nitrogens with zero attached hydrogens (tertiary/aromatic N) is 4. The molecule has 2 aliphatic rings. The summed E-state index contributed by atoms with van der Waals surface area (Å²) in [5.74, 6) is -2.96. The summed E-state index contributed by atoms with van der Waals surface area (Å²) in [7, 11) is 11.4. The van der Waals surface area contributed by atoms with Crippen molar-refractivity contribution in [3.63, 3.8) is 0 Å². The average molecular weight is 706 g/mol. The average Bonchev–Trinajstić information content (AvgIpc) is 3.60. The normalized spacial score (nSPS) is 19.1. The van der Waals surface area contributed by atoms with Gasteiger partial charge in [-0.05, 0) is 81.8 Å². The number of rotatable bonds is 14. The van der Waals surface area contributed by atoms with Gasteiger partial charge in [-0.3, -0.25) is 9.52 Å². The number of carbonyl (C=O) groups excluding carboxylic acids is 1. The number of hydrogen-bond acceptors (Lipinski definition) is 10. The second kappa shape index (κ2) is 14.5. The second-order valence-corrected chi connectivity index (χ2v) is 13.9. The molecule has 4 radical (unpaired) electrons. The van der Waals surface area contributed by atoms with E-state index in [-0.39, 0.29) is 28.0 Å². The molecule has 5 N–H and O–H groups in total. The van der Waals surface area contributed by atoms with E-state index in [1.165, 1.54) is 35.2 Å². The van der Waals surface area contributed by atoms with E-state index in [4.69, 9.17) is 32.0 Å². The third-order valence-corrected chi connectivity index (χ3v) is 9.44. The molecule has 2 fully saturated rings. The van der Waals surface area contributed by atoms with Crippen molar-refractivity contribution in [3.05, 3.63) is 60.2 Å². The van der Waals surface area contributed by atoms with Gasteiger partial charge in [0.25, 0.3) is 5.91 Å². The molecule has 2 aromatic heterocycles. The molecule has 0 aromatic carbocycles. The van der Waals surface area contributed by atoms with Crippen molar-refractivity contribution < 1.29 is 32.9 Å². The van der Waals surface area contributed by atoms with Gasteiger partial charge in [-0.1, -0.05) is 24.8 Å². The highest BCUT2D eigenvalue weighted by Crippen LogP contribution is 2.67. The molecule has 1 atom stereocenters. The van der Waals surface area contributed by atoms with Gasteiger partial charge in [0.1, 0.15) is 21.4 Å². The fraction of sp³-hybridized carbons (Fsp3) is 0.533. The summed E-state index contributed by atoms with van der Waals surface area (Å²) in [5, 5.41) is 29.0. The van der Waals surface area contributed by atoms with Gasteiger partial charge in [0.2, 0.25) is 5.88 Å². The fourth-order valence-electron chi connectivity index (χ4n) is 5.48. The molecule has 2 aromatic rings. The maximum absolute atomic E-state index is 13.5. The Kier molecular flexibility index (Phi) is 11.4. The third kappa shape index (κ3) is 8.59. The number of aliphatic imine (C=N–C) groups is 1. The molecule has 3 heterocycles. The van der Waals surface area contributed by atoms with E-state index in [0.717, 1.165) is 37.8 Å². The lowest BCUT2D eigenvalue weighted by Crippen LogP contribution is -2.58. The summed E-state index contributed by atoms with van der Waals surface area (Å²) in [6.07, 6.45) is 0.0637. The highest BCUT2D eigenvalue weighted by molar-refractivity contribution is 8.13. The molecule has 48 heavy (non-hydrogen) atoms. The van der Waals surface area contributed by atoms with Gasteiger partial charge in [-0.25, -0.2) is 14.7 Å². The van der Waals surface area contributed by atoms with Gasteiger partial charge >= 0.3 is 6.18 Å². The van der Waals surface area contributed by atoms with E-state index in [0.29, 0.717) is 23.3 Å². The van der Waals surface area contributed by atoms with Crippen LogP contribution in [0.4, 0.5) is 13.2 Å². The Morgan fingerprint density at radius 2 is 2.02 bits per heavy atom. The van der Waals surface area contributed by atoms with Crippen LogP contribution in [0.3, 0.4) is 0 Å². The van der Waals surface area contributed by atoms with E-state index >= 15 is 0 Å². The molecule has 18 heteroatoms. The Balaban J connectivity index is 1.27. The van der Waals surface area contributed by atoms with Crippen LogP contribution in [0, 0.1) is 11.3 Å². The highest BCUT2D eigenvalue weighted by Gasteiger charge is 2.76. The number of aliphatic hydroxyl groups is 2. The molecule has 1 unspecified atom stereocenters. The molecule has 1 saturated heterocycles. The minimum absolute atomic E-state index is 0.0541. The summed E-state index contributed by atoms with van der Waals surface area (Å²) in [4.78, 5) is 21.4. The van der Waals surface area contributed by atoms with Crippen molar-refractivity contribution >= 4 is 50.2 Å². The first-order valence-corrected chi connectivity index (χ1v) is 16.3. The molecule has 1 aliphatic carbocycles. The quantitative estimate of drug-likeness (QED) is 0.0375. The first kappa shape index (κ1) is 37.8. The van der Waals surface area contributed by atoms with Crippen LogP contribution in [0.2, 0.25) is 10.4 Å². The summed E-state index contributed by atoms with van der Waals surface area (Å²) >= 11 is 7.22. The Bertz CT molecular complexity index is 1550. The van der Waals surface area contributed by atoms with Gasteiger partial charge in [-0.15, -0.1) is 5.10 Å². The first-order chi connectivity index (χ1) is 22.3. The number of hydrogen-bond donors (Lipinski definition) is 5. The minimum Gasteiger partial charge on any atom is -0.477 e. The molecule has 0 spiro atoms. The number of nitrogens with one attached hydrogen (secondary N) is 3. The van der Waals surface area contributed by atoms with E-state index in [2.05, 4.69) is 57.4 Å². The Hall–Kier alpha value is -2.98. The minimum atomic E-state index is -4.94. The monoisotopic (exact) mass is 705 g/mol. The predicted molar refractivity (Wildman–Crippen MR) is 180 cm³/mol. The molecule has 1 aliphatic heterocycles. The first-order valence-electron chi connectivity index (χ1n) is 15.1. The maximum atomic E-state index is 13.5. The smallest absolute Gasteiger partial charge is 0.399 e. The summed E-state index contributed by atoms with van der Waals surface area (Å²) < 4.78 is 49.6. The lowest BCUT2D eigenvalue weighted by atomic mass is 9.47. The van der Waals surface area contributed by atoms with Crippen LogP contribution in [0.15, 0.2) is 54.4 Å². The van der Waals surface area contributed by atoms with E-state index in [1.54, 1.807) is 0 Å². The topological polar surface area (TPSA) is 146 Å². The Labute approximate surface area is 289 Å². The molecular weight excluding hydrogens is 669 g/mol. The van der Waals surface area contributed by atoms with E-state index < -0.39 is 47.9 Å². The number of aromatic nitrogens is 3. The standard InChI is InChI=1S/C30H37B2ClF3N7O4S/c1-5-23(39-18(2)37-13-6-7-19-15-26(3,4)38-16-19)48-42-25(44)20-8-9-21(40-24(20)33)43-14-10-22(41-43)47-17-28(31,32)29(45,46)27(11-12-27)30(34,35)36/h5,8-10,14,19,37-38,45-46H,1-2,6-7,11-13,15-17H2,3-4H3,(H,42,44)/b39-23+. The third-order valence-electron chi connectivity index (χ3n) is 8.40.